The molecule has 166 valence electrons. The second-order valence-corrected chi connectivity index (χ2v) is 9.12. The Morgan fingerprint density at radius 2 is 1.94 bits per heavy atom. The molecule has 1 aliphatic heterocycles. The first kappa shape index (κ1) is 20.4. The second-order valence-electron chi connectivity index (χ2n) is 8.72. The molecule has 2 aromatic heterocycles. The van der Waals surface area contributed by atoms with Gasteiger partial charge >= 0.3 is 0 Å². The largest absolute Gasteiger partial charge is 0.325 e. The maximum Gasteiger partial charge on any atom is 0.257 e. The van der Waals surface area contributed by atoms with Crippen LogP contribution in [0.2, 0.25) is 5.02 Å². The lowest BCUT2D eigenvalue weighted by atomic mass is 9.95. The average Bonchev–Trinajstić information content (AvgIpc) is 3.53. The molecule has 0 amide bonds. The van der Waals surface area contributed by atoms with Gasteiger partial charge in [0.25, 0.3) is 12.2 Å². The van der Waals surface area contributed by atoms with Crippen LogP contribution in [0.25, 0.3) is 16.7 Å². The number of hydrogen-bond donors (Lipinski definition) is 0. The van der Waals surface area contributed by atoms with E-state index >= 15 is 0 Å². The van der Waals surface area contributed by atoms with E-state index in [4.69, 9.17) is 16.6 Å². The van der Waals surface area contributed by atoms with E-state index in [0.717, 1.165) is 52.9 Å². The molecule has 3 heterocycles. The number of anilines is 2. The normalized spacial score (nSPS) is 16.7. The van der Waals surface area contributed by atoms with Crippen LogP contribution < -0.4 is 4.90 Å². The zero-order chi connectivity index (χ0) is 22.7. The SMILES string of the molecule is Cc1nnc2nc(N3CCCc4c(C#CC5(C(F)F)CC5)cccc43)c3c(Cl)cccc3n12. The van der Waals surface area contributed by atoms with E-state index in [1.165, 1.54) is 0 Å². The molecule has 2 aromatic carbocycles. The maximum absolute atomic E-state index is 13.4. The van der Waals surface area contributed by atoms with E-state index in [1.54, 1.807) is 0 Å². The van der Waals surface area contributed by atoms with Crippen LogP contribution >= 0.6 is 11.6 Å². The van der Waals surface area contributed by atoms with Crippen molar-refractivity contribution >= 4 is 39.8 Å². The molecular weight excluding hydrogens is 444 g/mol. The van der Waals surface area contributed by atoms with Gasteiger partial charge in [0.15, 0.2) is 0 Å². The molecule has 0 saturated heterocycles. The predicted molar refractivity (Wildman–Crippen MR) is 124 cm³/mol. The molecule has 2 aliphatic rings. The van der Waals surface area contributed by atoms with Gasteiger partial charge in [-0.2, -0.15) is 4.98 Å². The Balaban J connectivity index is 1.53. The highest BCUT2D eigenvalue weighted by molar-refractivity contribution is 6.36. The number of alkyl halides is 2. The highest BCUT2D eigenvalue weighted by Gasteiger charge is 2.50. The van der Waals surface area contributed by atoms with Gasteiger partial charge in [-0.25, -0.2) is 8.78 Å². The lowest BCUT2D eigenvalue weighted by Gasteiger charge is -2.32. The first-order valence-electron chi connectivity index (χ1n) is 11.0. The molecule has 6 rings (SSSR count). The minimum atomic E-state index is -2.41. The van der Waals surface area contributed by atoms with Crippen molar-refractivity contribution in [1.29, 1.82) is 0 Å². The lowest BCUT2D eigenvalue weighted by Crippen LogP contribution is -2.26. The molecule has 5 nitrogen and oxygen atoms in total. The van der Waals surface area contributed by atoms with Crippen molar-refractivity contribution in [2.45, 2.75) is 39.0 Å². The number of nitrogens with zero attached hydrogens (tertiary/aromatic N) is 5. The maximum atomic E-state index is 13.4. The molecule has 0 atom stereocenters. The molecule has 1 saturated carbocycles. The van der Waals surface area contributed by atoms with Crippen LogP contribution in [0.4, 0.5) is 20.3 Å². The van der Waals surface area contributed by atoms with Gasteiger partial charge in [-0.05, 0) is 62.4 Å². The van der Waals surface area contributed by atoms with Gasteiger partial charge in [0, 0.05) is 17.8 Å². The Kier molecular flexibility index (Phi) is 4.56. The third-order valence-electron chi connectivity index (χ3n) is 6.63. The number of benzene rings is 2. The number of halogens is 3. The standard InChI is InChI=1S/C25H20ClF2N5/c1-15-30-31-24-29-22(21-18(26)7-3-9-20(21)33(15)24)32-14-4-6-17-16(5-2-8-19(17)32)10-11-25(12-13-25)23(27)28/h2-3,5,7-9,23H,4,6,12-14H2,1H3. The Morgan fingerprint density at radius 1 is 1.12 bits per heavy atom. The van der Waals surface area contributed by atoms with E-state index in [9.17, 15) is 8.78 Å². The minimum absolute atomic E-state index is 0.463. The summed E-state index contributed by atoms with van der Waals surface area (Å²) in [5.41, 5.74) is 2.60. The van der Waals surface area contributed by atoms with Crippen LogP contribution in [0.15, 0.2) is 36.4 Å². The molecule has 1 aliphatic carbocycles. The topological polar surface area (TPSA) is 46.3 Å². The summed E-state index contributed by atoms with van der Waals surface area (Å²) in [6.45, 7) is 2.64. The molecule has 1 fully saturated rings. The van der Waals surface area contributed by atoms with Crippen LogP contribution in [0.3, 0.4) is 0 Å². The number of fused-ring (bicyclic) bond motifs is 4. The van der Waals surface area contributed by atoms with Gasteiger partial charge in [0.1, 0.15) is 11.6 Å². The zero-order valence-corrected chi connectivity index (χ0v) is 18.7. The van der Waals surface area contributed by atoms with Crippen molar-refractivity contribution in [1.82, 2.24) is 19.6 Å². The molecule has 0 spiro atoms. The van der Waals surface area contributed by atoms with Gasteiger partial charge in [-0.15, -0.1) is 10.2 Å². The molecule has 33 heavy (non-hydrogen) atoms. The van der Waals surface area contributed by atoms with Crippen molar-refractivity contribution in [2.24, 2.45) is 5.41 Å². The van der Waals surface area contributed by atoms with Crippen molar-refractivity contribution in [2.75, 3.05) is 11.4 Å². The number of aromatic nitrogens is 4. The molecular formula is C25H20ClF2N5. The lowest BCUT2D eigenvalue weighted by molar-refractivity contribution is 0.0921. The number of aryl methyl sites for hydroxylation is 1. The third-order valence-corrected chi connectivity index (χ3v) is 6.94. The Hall–Kier alpha value is -3.24. The van der Waals surface area contributed by atoms with E-state index < -0.39 is 11.8 Å². The number of rotatable bonds is 2. The fourth-order valence-corrected chi connectivity index (χ4v) is 4.91. The monoisotopic (exact) mass is 463 g/mol. The summed E-state index contributed by atoms with van der Waals surface area (Å²) in [4.78, 5) is 6.99. The minimum Gasteiger partial charge on any atom is -0.325 e. The quantitative estimate of drug-likeness (QED) is 0.357. The third kappa shape index (κ3) is 3.16. The first-order chi connectivity index (χ1) is 16.0. The van der Waals surface area contributed by atoms with Gasteiger partial charge in [-0.3, -0.25) is 4.40 Å². The number of hydrogen-bond acceptors (Lipinski definition) is 4. The summed E-state index contributed by atoms with van der Waals surface area (Å²) >= 11 is 6.68. The van der Waals surface area contributed by atoms with Crippen LogP contribution in [-0.4, -0.2) is 32.6 Å². The smallest absolute Gasteiger partial charge is 0.257 e. The van der Waals surface area contributed by atoms with Crippen LogP contribution in [0.5, 0.6) is 0 Å². The molecule has 0 bridgehead atoms. The predicted octanol–water partition coefficient (Wildman–Crippen LogP) is 5.72. The van der Waals surface area contributed by atoms with Gasteiger partial charge in [0.05, 0.1) is 21.3 Å². The fraction of sp³-hybridized carbons (Fsp3) is 0.320. The van der Waals surface area contributed by atoms with E-state index in [-0.39, 0.29) is 0 Å². The van der Waals surface area contributed by atoms with E-state index in [1.807, 2.05) is 47.7 Å². The summed E-state index contributed by atoms with van der Waals surface area (Å²) in [5, 5.41) is 9.87. The summed E-state index contributed by atoms with van der Waals surface area (Å²) in [6, 6.07) is 11.6. The summed E-state index contributed by atoms with van der Waals surface area (Å²) in [5.74, 6) is 7.92. The first-order valence-corrected chi connectivity index (χ1v) is 11.4. The molecule has 8 heteroatoms. The molecule has 0 unspecified atom stereocenters. The zero-order valence-electron chi connectivity index (χ0n) is 17.9. The second kappa shape index (κ2) is 7.39. The Morgan fingerprint density at radius 3 is 2.73 bits per heavy atom. The highest BCUT2D eigenvalue weighted by Crippen LogP contribution is 2.50. The summed E-state index contributed by atoms with van der Waals surface area (Å²) < 4.78 is 28.6. The van der Waals surface area contributed by atoms with Crippen molar-refractivity contribution < 1.29 is 8.78 Å². The average molecular weight is 464 g/mol. The van der Waals surface area contributed by atoms with Crippen molar-refractivity contribution in [3.63, 3.8) is 0 Å². The fourth-order valence-electron chi connectivity index (χ4n) is 4.66. The van der Waals surface area contributed by atoms with Gasteiger partial charge < -0.3 is 4.90 Å². The van der Waals surface area contributed by atoms with E-state index in [0.29, 0.717) is 29.5 Å². The van der Waals surface area contributed by atoms with Crippen molar-refractivity contribution in [3.8, 4) is 11.8 Å². The Bertz CT molecular complexity index is 1480. The van der Waals surface area contributed by atoms with Gasteiger partial charge in [-0.1, -0.05) is 35.6 Å². The molecule has 4 aromatic rings. The van der Waals surface area contributed by atoms with Crippen LogP contribution in [-0.2, 0) is 6.42 Å². The molecule has 0 radical (unpaired) electrons. The summed E-state index contributed by atoms with van der Waals surface area (Å²) in [6.07, 6.45) is 0.236. The Labute approximate surface area is 194 Å². The summed E-state index contributed by atoms with van der Waals surface area (Å²) in [7, 11) is 0. The molecule has 0 N–H and O–H groups in total. The highest BCUT2D eigenvalue weighted by atomic mass is 35.5. The van der Waals surface area contributed by atoms with Gasteiger partial charge in [0.2, 0.25) is 0 Å². The van der Waals surface area contributed by atoms with Crippen molar-refractivity contribution in [3.05, 3.63) is 58.4 Å². The van der Waals surface area contributed by atoms with E-state index in [2.05, 4.69) is 26.9 Å². The van der Waals surface area contributed by atoms with Crippen LogP contribution in [0.1, 0.15) is 36.2 Å². The van der Waals surface area contributed by atoms with Crippen LogP contribution in [0, 0.1) is 24.2 Å².